The largest absolute Gasteiger partial charge is 0.390 e. The van der Waals surface area contributed by atoms with Gasteiger partial charge in [0.2, 0.25) is 0 Å². The standard InChI is InChI=1S/C10H16N2O/c1-10(2)4-3-8(9(10)13)12-6-5-11-7-12/h5-9,13H,3-4H2,1-2H3. The van der Waals surface area contributed by atoms with E-state index in [2.05, 4.69) is 18.8 Å². The van der Waals surface area contributed by atoms with Gasteiger partial charge in [-0.1, -0.05) is 13.8 Å². The first-order chi connectivity index (χ1) is 6.11. The molecule has 72 valence electrons. The first kappa shape index (κ1) is 8.75. The number of hydrogen-bond acceptors (Lipinski definition) is 2. The molecule has 2 rings (SSSR count). The minimum Gasteiger partial charge on any atom is -0.390 e. The minimum atomic E-state index is -0.248. The van der Waals surface area contributed by atoms with Crippen LogP contribution in [0.5, 0.6) is 0 Å². The second-order valence-corrected chi connectivity index (χ2v) is 4.55. The summed E-state index contributed by atoms with van der Waals surface area (Å²) in [4.78, 5) is 4.00. The predicted molar refractivity (Wildman–Crippen MR) is 50.3 cm³/mol. The first-order valence-corrected chi connectivity index (χ1v) is 4.77. The Hall–Kier alpha value is -0.830. The van der Waals surface area contributed by atoms with Crippen LogP contribution in [-0.4, -0.2) is 20.8 Å². The van der Waals surface area contributed by atoms with E-state index in [0.29, 0.717) is 0 Å². The van der Waals surface area contributed by atoms with Crippen LogP contribution in [0.15, 0.2) is 18.7 Å². The van der Waals surface area contributed by atoms with Gasteiger partial charge in [-0.25, -0.2) is 4.98 Å². The summed E-state index contributed by atoms with van der Waals surface area (Å²) >= 11 is 0. The first-order valence-electron chi connectivity index (χ1n) is 4.77. The minimum absolute atomic E-state index is 0.0505. The lowest BCUT2D eigenvalue weighted by molar-refractivity contribution is 0.0498. The number of aliphatic hydroxyl groups is 1. The van der Waals surface area contributed by atoms with Crippen molar-refractivity contribution in [2.24, 2.45) is 5.41 Å². The molecular formula is C10H16N2O. The number of nitrogens with zero attached hydrogens (tertiary/aromatic N) is 2. The van der Waals surface area contributed by atoms with Gasteiger partial charge in [-0.2, -0.15) is 0 Å². The average molecular weight is 180 g/mol. The molecule has 0 spiro atoms. The Morgan fingerprint density at radius 3 is 2.77 bits per heavy atom. The molecule has 1 aromatic rings. The second kappa shape index (κ2) is 2.84. The maximum absolute atomic E-state index is 10.0. The van der Waals surface area contributed by atoms with Crippen molar-refractivity contribution in [2.75, 3.05) is 0 Å². The van der Waals surface area contributed by atoms with Crippen molar-refractivity contribution in [3.63, 3.8) is 0 Å². The van der Waals surface area contributed by atoms with Crippen molar-refractivity contribution in [1.82, 2.24) is 9.55 Å². The van der Waals surface area contributed by atoms with Crippen LogP contribution < -0.4 is 0 Å². The molecule has 13 heavy (non-hydrogen) atoms. The number of rotatable bonds is 1. The lowest BCUT2D eigenvalue weighted by atomic mass is 9.89. The quantitative estimate of drug-likeness (QED) is 0.713. The lowest BCUT2D eigenvalue weighted by Gasteiger charge is -2.25. The molecule has 2 atom stereocenters. The monoisotopic (exact) mass is 180 g/mol. The summed E-state index contributed by atoms with van der Waals surface area (Å²) in [5, 5.41) is 10.0. The molecule has 1 N–H and O–H groups in total. The van der Waals surface area contributed by atoms with Crippen molar-refractivity contribution in [3.8, 4) is 0 Å². The van der Waals surface area contributed by atoms with Gasteiger partial charge in [-0.3, -0.25) is 0 Å². The van der Waals surface area contributed by atoms with Crippen molar-refractivity contribution in [1.29, 1.82) is 0 Å². The highest BCUT2D eigenvalue weighted by Gasteiger charge is 2.41. The summed E-state index contributed by atoms with van der Waals surface area (Å²) < 4.78 is 2.01. The van der Waals surface area contributed by atoms with E-state index in [1.807, 2.05) is 10.8 Å². The van der Waals surface area contributed by atoms with Gasteiger partial charge in [0.1, 0.15) is 0 Å². The zero-order valence-electron chi connectivity index (χ0n) is 8.14. The third kappa shape index (κ3) is 1.37. The molecule has 3 heteroatoms. The Bertz CT molecular complexity index is 279. The molecule has 1 aliphatic carbocycles. The van der Waals surface area contributed by atoms with Crippen LogP contribution in [0.1, 0.15) is 32.7 Å². The molecule has 3 nitrogen and oxygen atoms in total. The van der Waals surface area contributed by atoms with E-state index in [0.717, 1.165) is 12.8 Å². The van der Waals surface area contributed by atoms with Crippen molar-refractivity contribution in [3.05, 3.63) is 18.7 Å². The third-order valence-electron chi connectivity index (χ3n) is 3.16. The molecule has 0 aromatic carbocycles. The average Bonchev–Trinajstić information content (AvgIpc) is 2.63. The predicted octanol–water partition coefficient (Wildman–Crippen LogP) is 1.61. The van der Waals surface area contributed by atoms with Crippen molar-refractivity contribution in [2.45, 2.75) is 38.8 Å². The Balaban J connectivity index is 2.21. The van der Waals surface area contributed by atoms with E-state index in [9.17, 15) is 5.11 Å². The van der Waals surface area contributed by atoms with Gasteiger partial charge >= 0.3 is 0 Å². The molecule has 1 heterocycles. The number of imidazole rings is 1. The smallest absolute Gasteiger partial charge is 0.0949 e. The van der Waals surface area contributed by atoms with Gasteiger partial charge < -0.3 is 9.67 Å². The Morgan fingerprint density at radius 1 is 1.54 bits per heavy atom. The van der Waals surface area contributed by atoms with Crippen LogP contribution in [0, 0.1) is 5.41 Å². The summed E-state index contributed by atoms with van der Waals surface area (Å²) in [6, 6.07) is 0.220. The van der Waals surface area contributed by atoms with Crippen LogP contribution in [-0.2, 0) is 0 Å². The van der Waals surface area contributed by atoms with Crippen molar-refractivity contribution < 1.29 is 5.11 Å². The molecule has 1 saturated carbocycles. The number of aliphatic hydroxyl groups excluding tert-OH is 1. The van der Waals surface area contributed by atoms with Gasteiger partial charge in [-0.15, -0.1) is 0 Å². The fraction of sp³-hybridized carbons (Fsp3) is 0.700. The molecule has 0 radical (unpaired) electrons. The molecule has 1 aromatic heterocycles. The van der Waals surface area contributed by atoms with Gasteiger partial charge in [0.05, 0.1) is 18.5 Å². The Kier molecular flexibility index (Phi) is 1.91. The summed E-state index contributed by atoms with van der Waals surface area (Å²) in [6.07, 6.45) is 7.35. The molecule has 0 bridgehead atoms. The Labute approximate surface area is 78.4 Å². The summed E-state index contributed by atoms with van der Waals surface area (Å²) in [6.45, 7) is 4.24. The van der Waals surface area contributed by atoms with Gasteiger partial charge in [0.25, 0.3) is 0 Å². The van der Waals surface area contributed by atoms with E-state index in [4.69, 9.17) is 0 Å². The van der Waals surface area contributed by atoms with E-state index in [-0.39, 0.29) is 17.6 Å². The molecular weight excluding hydrogens is 164 g/mol. The van der Waals surface area contributed by atoms with E-state index in [1.54, 1.807) is 12.5 Å². The van der Waals surface area contributed by atoms with Crippen molar-refractivity contribution >= 4 is 0 Å². The topological polar surface area (TPSA) is 38.0 Å². The number of hydrogen-bond donors (Lipinski definition) is 1. The zero-order valence-corrected chi connectivity index (χ0v) is 8.14. The van der Waals surface area contributed by atoms with E-state index >= 15 is 0 Å². The maximum Gasteiger partial charge on any atom is 0.0949 e. The molecule has 0 aliphatic heterocycles. The van der Waals surface area contributed by atoms with Crippen LogP contribution in [0.2, 0.25) is 0 Å². The molecule has 0 saturated heterocycles. The SMILES string of the molecule is CC1(C)CCC(n2ccnc2)C1O. The van der Waals surface area contributed by atoms with Crippen LogP contribution in [0.3, 0.4) is 0 Å². The van der Waals surface area contributed by atoms with E-state index in [1.165, 1.54) is 0 Å². The zero-order chi connectivity index (χ0) is 9.47. The highest BCUT2D eigenvalue weighted by atomic mass is 16.3. The lowest BCUT2D eigenvalue weighted by Crippen LogP contribution is -2.29. The highest BCUT2D eigenvalue weighted by molar-refractivity contribution is 4.96. The van der Waals surface area contributed by atoms with Crippen LogP contribution in [0.4, 0.5) is 0 Å². The Morgan fingerprint density at radius 2 is 2.31 bits per heavy atom. The normalized spacial score (nSPS) is 32.2. The third-order valence-corrected chi connectivity index (χ3v) is 3.16. The summed E-state index contributed by atoms with van der Waals surface area (Å²) in [5.74, 6) is 0. The van der Waals surface area contributed by atoms with Crippen LogP contribution >= 0.6 is 0 Å². The molecule has 2 unspecified atom stereocenters. The highest BCUT2D eigenvalue weighted by Crippen LogP contribution is 2.43. The molecule has 1 aliphatic rings. The summed E-state index contributed by atoms with van der Waals surface area (Å²) in [5.41, 5.74) is 0.0505. The fourth-order valence-corrected chi connectivity index (χ4v) is 2.12. The van der Waals surface area contributed by atoms with Gasteiger partial charge in [0.15, 0.2) is 0 Å². The van der Waals surface area contributed by atoms with Gasteiger partial charge in [0, 0.05) is 12.4 Å². The fourth-order valence-electron chi connectivity index (χ4n) is 2.12. The summed E-state index contributed by atoms with van der Waals surface area (Å²) in [7, 11) is 0. The maximum atomic E-state index is 10.0. The van der Waals surface area contributed by atoms with Crippen LogP contribution in [0.25, 0.3) is 0 Å². The second-order valence-electron chi connectivity index (χ2n) is 4.55. The number of aromatic nitrogens is 2. The van der Waals surface area contributed by atoms with E-state index < -0.39 is 0 Å². The van der Waals surface area contributed by atoms with Gasteiger partial charge in [-0.05, 0) is 18.3 Å². The molecule has 0 amide bonds. The molecule has 1 fully saturated rings.